The maximum absolute atomic E-state index is 9.88. The summed E-state index contributed by atoms with van der Waals surface area (Å²) in [5.74, 6) is 6.52. The molecule has 0 aromatic heterocycles. The summed E-state index contributed by atoms with van der Waals surface area (Å²) in [6.45, 7) is 3.91. The van der Waals surface area contributed by atoms with Crippen molar-refractivity contribution >= 4 is 0 Å². The zero-order chi connectivity index (χ0) is 10.4. The monoisotopic (exact) mass is 190 g/mol. The van der Waals surface area contributed by atoms with Crippen LogP contribution in [0.25, 0.3) is 0 Å². The van der Waals surface area contributed by atoms with Crippen molar-refractivity contribution in [2.24, 2.45) is 11.8 Å². The Morgan fingerprint density at radius 2 is 2.43 bits per heavy atom. The summed E-state index contributed by atoms with van der Waals surface area (Å²) in [7, 11) is 0. The first-order chi connectivity index (χ1) is 6.79. The lowest BCUT2D eigenvalue weighted by Crippen LogP contribution is -2.21. The summed E-state index contributed by atoms with van der Waals surface area (Å²) in [6, 6.07) is 0. The molecular formula is C13H18O. The second-order valence-corrected chi connectivity index (χ2v) is 3.57. The quantitative estimate of drug-likeness (QED) is 0.535. The van der Waals surface area contributed by atoms with E-state index in [9.17, 15) is 5.11 Å². The topological polar surface area (TPSA) is 20.2 Å². The number of hydrogen-bond donors (Lipinski definition) is 1. The van der Waals surface area contributed by atoms with Crippen LogP contribution in [0.15, 0.2) is 24.3 Å². The maximum Gasteiger partial charge on any atom is 0.0766 e. The molecule has 0 amide bonds. The minimum atomic E-state index is -0.351. The van der Waals surface area contributed by atoms with Gasteiger partial charge in [-0.25, -0.2) is 0 Å². The summed E-state index contributed by atoms with van der Waals surface area (Å²) in [5.41, 5.74) is 0. The molecule has 1 N–H and O–H groups in total. The van der Waals surface area contributed by atoms with Gasteiger partial charge in [-0.3, -0.25) is 0 Å². The summed E-state index contributed by atoms with van der Waals surface area (Å²) in [5, 5.41) is 9.88. The number of allylic oxidation sites excluding steroid dienone is 3. The third-order valence-corrected chi connectivity index (χ3v) is 2.53. The zero-order valence-electron chi connectivity index (χ0n) is 8.90. The van der Waals surface area contributed by atoms with Crippen LogP contribution in [0.4, 0.5) is 0 Å². The van der Waals surface area contributed by atoms with Gasteiger partial charge in [-0.05, 0) is 19.8 Å². The van der Waals surface area contributed by atoms with E-state index in [2.05, 4.69) is 30.9 Å². The number of aliphatic hydroxyl groups is 1. The van der Waals surface area contributed by atoms with Crippen LogP contribution in [0.1, 0.15) is 26.7 Å². The van der Waals surface area contributed by atoms with Crippen LogP contribution in [-0.4, -0.2) is 11.2 Å². The van der Waals surface area contributed by atoms with Crippen LogP contribution >= 0.6 is 0 Å². The van der Waals surface area contributed by atoms with Crippen LogP contribution in [0.2, 0.25) is 0 Å². The molecule has 76 valence electrons. The van der Waals surface area contributed by atoms with Crippen LogP contribution < -0.4 is 0 Å². The zero-order valence-corrected chi connectivity index (χ0v) is 8.90. The molecule has 1 aliphatic carbocycles. The first kappa shape index (κ1) is 11.1. The summed E-state index contributed by atoms with van der Waals surface area (Å²) >= 11 is 0. The molecule has 0 spiro atoms. The van der Waals surface area contributed by atoms with Crippen LogP contribution in [0.3, 0.4) is 0 Å². The van der Waals surface area contributed by atoms with Crippen molar-refractivity contribution in [3.63, 3.8) is 0 Å². The molecule has 0 saturated carbocycles. The molecule has 0 fully saturated rings. The van der Waals surface area contributed by atoms with Gasteiger partial charge in [-0.1, -0.05) is 37.1 Å². The molecule has 3 atom stereocenters. The van der Waals surface area contributed by atoms with Crippen LogP contribution in [0, 0.1) is 23.7 Å². The third kappa shape index (κ3) is 2.75. The Balaban J connectivity index is 2.58. The van der Waals surface area contributed by atoms with Crippen LogP contribution in [0.5, 0.6) is 0 Å². The van der Waals surface area contributed by atoms with E-state index < -0.39 is 0 Å². The Morgan fingerprint density at radius 3 is 3.07 bits per heavy atom. The highest BCUT2D eigenvalue weighted by Crippen LogP contribution is 2.28. The highest BCUT2D eigenvalue weighted by molar-refractivity contribution is 5.18. The average Bonchev–Trinajstić information content (AvgIpc) is 2.63. The predicted molar refractivity (Wildman–Crippen MR) is 59.6 cm³/mol. The summed E-state index contributed by atoms with van der Waals surface area (Å²) in [6.07, 6.45) is 9.68. The Bertz CT molecular complexity index is 277. The number of rotatable bonds is 3. The molecule has 0 unspecified atom stereocenters. The fourth-order valence-electron chi connectivity index (χ4n) is 1.76. The molecule has 1 rings (SSSR count). The van der Waals surface area contributed by atoms with Crippen molar-refractivity contribution in [1.29, 1.82) is 0 Å². The molecule has 0 aliphatic heterocycles. The highest BCUT2D eigenvalue weighted by atomic mass is 16.3. The van der Waals surface area contributed by atoms with Gasteiger partial charge in [0.05, 0.1) is 6.10 Å². The van der Waals surface area contributed by atoms with Crippen molar-refractivity contribution in [3.8, 4) is 11.8 Å². The van der Waals surface area contributed by atoms with E-state index in [0.717, 1.165) is 12.8 Å². The molecule has 0 heterocycles. The minimum absolute atomic E-state index is 0.233. The van der Waals surface area contributed by atoms with E-state index in [1.807, 2.05) is 19.1 Å². The van der Waals surface area contributed by atoms with E-state index in [1.165, 1.54) is 0 Å². The van der Waals surface area contributed by atoms with Crippen molar-refractivity contribution < 1.29 is 5.11 Å². The Kier molecular flexibility index (Phi) is 4.49. The highest BCUT2D eigenvalue weighted by Gasteiger charge is 2.26. The minimum Gasteiger partial charge on any atom is -0.389 e. The molecule has 1 heteroatoms. The Labute approximate surface area is 86.5 Å². The van der Waals surface area contributed by atoms with Gasteiger partial charge >= 0.3 is 0 Å². The largest absolute Gasteiger partial charge is 0.389 e. The van der Waals surface area contributed by atoms with Gasteiger partial charge in [0.25, 0.3) is 0 Å². The summed E-state index contributed by atoms with van der Waals surface area (Å²) in [4.78, 5) is 0. The summed E-state index contributed by atoms with van der Waals surface area (Å²) < 4.78 is 0. The van der Waals surface area contributed by atoms with Gasteiger partial charge in [-0.2, -0.15) is 0 Å². The second kappa shape index (κ2) is 5.67. The fraction of sp³-hybridized carbons (Fsp3) is 0.538. The van der Waals surface area contributed by atoms with Gasteiger partial charge in [0.2, 0.25) is 0 Å². The molecule has 0 bridgehead atoms. The lowest BCUT2D eigenvalue weighted by Gasteiger charge is -2.18. The molecule has 0 aromatic carbocycles. The molecule has 0 saturated heterocycles. The van der Waals surface area contributed by atoms with Crippen molar-refractivity contribution in [2.75, 3.05) is 0 Å². The normalized spacial score (nSPS) is 27.6. The van der Waals surface area contributed by atoms with Crippen molar-refractivity contribution in [1.82, 2.24) is 0 Å². The lowest BCUT2D eigenvalue weighted by molar-refractivity contribution is 0.146. The van der Waals surface area contributed by atoms with Gasteiger partial charge in [0.15, 0.2) is 0 Å². The Morgan fingerprint density at radius 1 is 1.64 bits per heavy atom. The molecule has 0 aromatic rings. The van der Waals surface area contributed by atoms with Gasteiger partial charge in [-0.15, -0.1) is 5.92 Å². The molecule has 0 radical (unpaired) electrons. The molecular weight excluding hydrogens is 172 g/mol. The smallest absolute Gasteiger partial charge is 0.0766 e. The van der Waals surface area contributed by atoms with E-state index >= 15 is 0 Å². The SMILES string of the molecule is CC#C[C@@H]1C=CC[C@H]1[C@@H](O)/C=C/CC. The third-order valence-electron chi connectivity index (χ3n) is 2.53. The lowest BCUT2D eigenvalue weighted by atomic mass is 9.90. The first-order valence-electron chi connectivity index (χ1n) is 5.23. The van der Waals surface area contributed by atoms with Crippen molar-refractivity contribution in [3.05, 3.63) is 24.3 Å². The van der Waals surface area contributed by atoms with Crippen LogP contribution in [-0.2, 0) is 0 Å². The maximum atomic E-state index is 9.88. The number of hydrogen-bond acceptors (Lipinski definition) is 1. The second-order valence-electron chi connectivity index (χ2n) is 3.57. The van der Waals surface area contributed by atoms with E-state index in [-0.39, 0.29) is 17.9 Å². The standard InChI is InChI=1S/C13H18O/c1-3-5-10-13(14)12-9-6-8-11(12)7-4-2/h5-6,8,10-14H,3,9H2,1-2H3/b10-5+/t11-,12-,13+/m1/s1. The molecule has 1 nitrogen and oxygen atoms in total. The first-order valence-corrected chi connectivity index (χ1v) is 5.23. The predicted octanol–water partition coefficient (Wildman–Crippen LogP) is 2.53. The van der Waals surface area contributed by atoms with Crippen molar-refractivity contribution in [2.45, 2.75) is 32.8 Å². The van der Waals surface area contributed by atoms with E-state index in [0.29, 0.717) is 0 Å². The molecule has 1 aliphatic rings. The molecule has 14 heavy (non-hydrogen) atoms. The van der Waals surface area contributed by atoms with E-state index in [4.69, 9.17) is 0 Å². The number of aliphatic hydroxyl groups excluding tert-OH is 1. The average molecular weight is 190 g/mol. The van der Waals surface area contributed by atoms with Gasteiger partial charge in [0, 0.05) is 11.8 Å². The van der Waals surface area contributed by atoms with E-state index in [1.54, 1.807) is 0 Å². The Hall–Kier alpha value is -1.00. The van der Waals surface area contributed by atoms with Gasteiger partial charge < -0.3 is 5.11 Å². The fourth-order valence-corrected chi connectivity index (χ4v) is 1.76. The van der Waals surface area contributed by atoms with Gasteiger partial charge in [0.1, 0.15) is 0 Å².